The summed E-state index contributed by atoms with van der Waals surface area (Å²) < 4.78 is 6.00. The lowest BCUT2D eigenvalue weighted by molar-refractivity contribution is 0.343. The van der Waals surface area contributed by atoms with Crippen LogP contribution in [0.1, 0.15) is 76.5 Å². The van der Waals surface area contributed by atoms with Crippen molar-refractivity contribution in [2.24, 2.45) is 0 Å². The molecule has 1 N–H and O–H groups in total. The van der Waals surface area contributed by atoms with Crippen LogP contribution < -0.4 is 4.74 Å². The van der Waals surface area contributed by atoms with Gasteiger partial charge in [-0.1, -0.05) is 67.9 Å². The lowest BCUT2D eigenvalue weighted by Gasteiger charge is -2.15. The molecule has 0 saturated heterocycles. The fourth-order valence-electron chi connectivity index (χ4n) is 3.09. The SMILES string of the molecule is C=CCO.C=CCOc1cc(CCCCC)cc(C)c1C/C=C(\C)CCC=C(C)C. The Kier molecular flexibility index (Phi) is 16.5. The first-order valence-electron chi connectivity index (χ1n) is 11.3. The topological polar surface area (TPSA) is 29.5 Å². The van der Waals surface area contributed by atoms with Crippen molar-refractivity contribution in [3.8, 4) is 5.75 Å². The molecule has 0 radical (unpaired) electrons. The molecule has 0 aliphatic rings. The number of hydrogen-bond donors (Lipinski definition) is 1. The van der Waals surface area contributed by atoms with Crippen LogP contribution in [-0.2, 0) is 12.8 Å². The van der Waals surface area contributed by atoms with Gasteiger partial charge in [-0.2, -0.15) is 0 Å². The highest BCUT2D eigenvalue weighted by molar-refractivity contribution is 5.45. The molecule has 2 nitrogen and oxygen atoms in total. The summed E-state index contributed by atoms with van der Waals surface area (Å²) >= 11 is 0. The van der Waals surface area contributed by atoms with Crippen LogP contribution in [0.15, 0.2) is 60.7 Å². The van der Waals surface area contributed by atoms with E-state index in [4.69, 9.17) is 9.84 Å². The van der Waals surface area contributed by atoms with E-state index in [1.165, 1.54) is 53.2 Å². The van der Waals surface area contributed by atoms with Gasteiger partial charge in [-0.15, -0.1) is 6.58 Å². The van der Waals surface area contributed by atoms with Crippen molar-refractivity contribution >= 4 is 0 Å². The maximum atomic E-state index is 7.76. The van der Waals surface area contributed by atoms with E-state index in [0.717, 1.165) is 31.4 Å². The predicted molar refractivity (Wildman–Crippen MR) is 134 cm³/mol. The summed E-state index contributed by atoms with van der Waals surface area (Å²) in [7, 11) is 0. The summed E-state index contributed by atoms with van der Waals surface area (Å²) in [6, 6.07) is 4.59. The summed E-state index contributed by atoms with van der Waals surface area (Å²) in [6.07, 6.45) is 16.0. The van der Waals surface area contributed by atoms with Crippen molar-refractivity contribution in [1.82, 2.24) is 0 Å². The molecule has 0 atom stereocenters. The van der Waals surface area contributed by atoms with Gasteiger partial charge in [-0.05, 0) is 77.0 Å². The van der Waals surface area contributed by atoms with E-state index >= 15 is 0 Å². The van der Waals surface area contributed by atoms with Crippen molar-refractivity contribution < 1.29 is 9.84 Å². The van der Waals surface area contributed by atoms with Gasteiger partial charge < -0.3 is 9.84 Å². The highest BCUT2D eigenvalue weighted by atomic mass is 16.5. The van der Waals surface area contributed by atoms with Gasteiger partial charge in [-0.25, -0.2) is 0 Å². The Balaban J connectivity index is 0.00000192. The Bertz CT molecular complexity index is 676. The van der Waals surface area contributed by atoms with Crippen LogP contribution in [0.4, 0.5) is 0 Å². The van der Waals surface area contributed by atoms with Gasteiger partial charge in [0.25, 0.3) is 0 Å². The quantitative estimate of drug-likeness (QED) is 0.266. The molecule has 0 saturated carbocycles. The predicted octanol–water partition coefficient (Wildman–Crippen LogP) is 7.69. The largest absolute Gasteiger partial charge is 0.489 e. The smallest absolute Gasteiger partial charge is 0.123 e. The van der Waals surface area contributed by atoms with Gasteiger partial charge in [0.15, 0.2) is 0 Å². The van der Waals surface area contributed by atoms with Gasteiger partial charge in [0, 0.05) is 5.56 Å². The Morgan fingerprint density at radius 2 is 1.77 bits per heavy atom. The van der Waals surface area contributed by atoms with E-state index in [9.17, 15) is 0 Å². The molecule has 168 valence electrons. The second kappa shape index (κ2) is 17.8. The molecule has 0 aliphatic heterocycles. The number of aryl methyl sites for hydroxylation is 2. The fourth-order valence-corrected chi connectivity index (χ4v) is 3.09. The molecular formula is C28H44O2. The fraction of sp³-hybridized carbons (Fsp3) is 0.500. The van der Waals surface area contributed by atoms with Gasteiger partial charge in [0.1, 0.15) is 12.4 Å². The van der Waals surface area contributed by atoms with Crippen molar-refractivity contribution in [2.75, 3.05) is 13.2 Å². The number of rotatable bonds is 13. The number of allylic oxidation sites excluding steroid dienone is 4. The maximum absolute atomic E-state index is 7.76. The summed E-state index contributed by atoms with van der Waals surface area (Å²) in [5, 5.41) is 7.76. The normalized spacial score (nSPS) is 10.7. The molecule has 2 heteroatoms. The van der Waals surface area contributed by atoms with Gasteiger partial charge in [0.05, 0.1) is 6.61 Å². The molecule has 0 unspecified atom stereocenters. The van der Waals surface area contributed by atoms with E-state index < -0.39 is 0 Å². The zero-order valence-corrected chi connectivity index (χ0v) is 20.1. The first-order valence-corrected chi connectivity index (χ1v) is 11.3. The summed E-state index contributed by atoms with van der Waals surface area (Å²) in [6.45, 7) is 18.7. The standard InChI is InChI=1S/C25H38O.C3H6O/c1-7-9-10-14-23-18-22(6)24(25(19-23)26-17-8-2)16-15-21(5)13-11-12-20(3)4;1-2-3-4/h8,12,15,18-19H,2,7,9-11,13-14,16-17H2,1,3-6H3;2,4H,1,3H2/b21-15+;. The Morgan fingerprint density at radius 1 is 1.07 bits per heavy atom. The third-order valence-corrected chi connectivity index (χ3v) is 4.79. The number of aliphatic hydroxyl groups excluding tert-OH is 1. The molecule has 1 rings (SSSR count). The van der Waals surface area contributed by atoms with Crippen LogP contribution >= 0.6 is 0 Å². The molecule has 0 fully saturated rings. The van der Waals surface area contributed by atoms with Crippen LogP contribution in [0.2, 0.25) is 0 Å². The zero-order valence-electron chi connectivity index (χ0n) is 20.1. The third kappa shape index (κ3) is 13.2. The van der Waals surface area contributed by atoms with Crippen LogP contribution in [0.5, 0.6) is 5.75 Å². The molecule has 0 heterocycles. The Labute approximate surface area is 186 Å². The van der Waals surface area contributed by atoms with Crippen LogP contribution in [0, 0.1) is 6.92 Å². The molecule has 0 amide bonds. The molecule has 0 spiro atoms. The minimum atomic E-state index is 0.0833. The maximum Gasteiger partial charge on any atom is 0.123 e. The number of ether oxygens (including phenoxy) is 1. The van der Waals surface area contributed by atoms with E-state index in [1.807, 2.05) is 6.08 Å². The average molecular weight is 413 g/mol. The first kappa shape index (κ1) is 27.9. The number of hydrogen-bond acceptors (Lipinski definition) is 2. The minimum Gasteiger partial charge on any atom is -0.489 e. The second-order valence-electron chi connectivity index (χ2n) is 7.99. The monoisotopic (exact) mass is 412 g/mol. The molecule has 0 aliphatic carbocycles. The molecule has 0 aromatic heterocycles. The molecule has 0 bridgehead atoms. The third-order valence-electron chi connectivity index (χ3n) is 4.79. The van der Waals surface area contributed by atoms with Gasteiger partial charge in [0.2, 0.25) is 0 Å². The van der Waals surface area contributed by atoms with Crippen molar-refractivity contribution in [3.05, 3.63) is 77.4 Å². The van der Waals surface area contributed by atoms with E-state index in [-0.39, 0.29) is 6.61 Å². The molecule has 1 aromatic rings. The van der Waals surface area contributed by atoms with Crippen LogP contribution in [0.25, 0.3) is 0 Å². The number of aliphatic hydroxyl groups is 1. The van der Waals surface area contributed by atoms with Crippen molar-refractivity contribution in [2.45, 2.75) is 79.6 Å². The Morgan fingerprint density at radius 3 is 2.33 bits per heavy atom. The summed E-state index contributed by atoms with van der Waals surface area (Å²) in [4.78, 5) is 0. The lowest BCUT2D eigenvalue weighted by atomic mass is 9.97. The van der Waals surface area contributed by atoms with E-state index in [2.05, 4.69) is 72.1 Å². The molecule has 30 heavy (non-hydrogen) atoms. The molecular weight excluding hydrogens is 368 g/mol. The molecule has 1 aromatic carbocycles. The van der Waals surface area contributed by atoms with Crippen LogP contribution in [0.3, 0.4) is 0 Å². The lowest BCUT2D eigenvalue weighted by Crippen LogP contribution is -2.01. The highest BCUT2D eigenvalue weighted by Gasteiger charge is 2.09. The zero-order chi connectivity index (χ0) is 22.8. The van der Waals surface area contributed by atoms with Gasteiger partial charge >= 0.3 is 0 Å². The number of benzene rings is 1. The second-order valence-corrected chi connectivity index (χ2v) is 7.99. The minimum absolute atomic E-state index is 0.0833. The van der Waals surface area contributed by atoms with E-state index in [1.54, 1.807) is 0 Å². The van der Waals surface area contributed by atoms with Crippen LogP contribution in [-0.4, -0.2) is 18.3 Å². The van der Waals surface area contributed by atoms with Gasteiger partial charge in [-0.3, -0.25) is 0 Å². The van der Waals surface area contributed by atoms with E-state index in [0.29, 0.717) is 6.61 Å². The highest BCUT2D eigenvalue weighted by Crippen LogP contribution is 2.27. The average Bonchev–Trinajstić information content (AvgIpc) is 2.71. The first-order chi connectivity index (χ1) is 14.4. The number of unbranched alkanes of at least 4 members (excludes halogenated alkanes) is 2. The van der Waals surface area contributed by atoms with Crippen molar-refractivity contribution in [1.29, 1.82) is 0 Å². The van der Waals surface area contributed by atoms with Crippen molar-refractivity contribution in [3.63, 3.8) is 0 Å². The summed E-state index contributed by atoms with van der Waals surface area (Å²) in [5.74, 6) is 1.03. The Hall–Kier alpha value is -2.06. The summed E-state index contributed by atoms with van der Waals surface area (Å²) in [5.41, 5.74) is 6.89.